The summed E-state index contributed by atoms with van der Waals surface area (Å²) < 4.78 is 5.29. The van der Waals surface area contributed by atoms with Crippen molar-refractivity contribution in [3.8, 4) is 0 Å². The molecule has 0 aliphatic heterocycles. The van der Waals surface area contributed by atoms with Gasteiger partial charge in [0, 0.05) is 6.54 Å². The second-order valence-corrected chi connectivity index (χ2v) is 3.91. The first-order chi connectivity index (χ1) is 7.13. The minimum absolute atomic E-state index is 0.0480. The molecular weight excluding hydrogens is 216 g/mol. The number of aliphatic hydroxyl groups is 1. The van der Waals surface area contributed by atoms with Gasteiger partial charge >= 0.3 is 0 Å². The van der Waals surface area contributed by atoms with E-state index in [-0.39, 0.29) is 24.8 Å². The van der Waals surface area contributed by atoms with Gasteiger partial charge in [-0.3, -0.25) is 4.79 Å². The lowest BCUT2D eigenvalue weighted by molar-refractivity contribution is -0.118. The average Bonchev–Trinajstić information content (AvgIpc) is 2.52. The molecule has 5 nitrogen and oxygen atoms in total. The molecule has 84 valence electrons. The molecule has 0 aliphatic carbocycles. The van der Waals surface area contributed by atoms with Gasteiger partial charge in [0.1, 0.15) is 5.76 Å². The van der Waals surface area contributed by atoms with E-state index in [4.69, 9.17) is 9.52 Å². The van der Waals surface area contributed by atoms with E-state index in [9.17, 15) is 4.79 Å². The SMILES string of the molecule is Cc1nc(SCC(=O)NCCO)oc1C. The molecule has 0 saturated carbocycles. The lowest BCUT2D eigenvalue weighted by Crippen LogP contribution is -2.27. The maximum atomic E-state index is 11.2. The molecule has 1 amide bonds. The van der Waals surface area contributed by atoms with E-state index in [0.717, 1.165) is 11.5 Å². The number of aryl methyl sites for hydroxylation is 2. The number of carbonyl (C=O) groups excluding carboxylic acids is 1. The Morgan fingerprint density at radius 3 is 2.87 bits per heavy atom. The number of carbonyl (C=O) groups is 1. The third-order valence-electron chi connectivity index (χ3n) is 1.77. The Labute approximate surface area is 92.3 Å². The molecule has 0 fully saturated rings. The maximum absolute atomic E-state index is 11.2. The van der Waals surface area contributed by atoms with Crippen molar-refractivity contribution in [1.82, 2.24) is 10.3 Å². The molecule has 0 saturated heterocycles. The Morgan fingerprint density at radius 2 is 2.33 bits per heavy atom. The Hall–Kier alpha value is -1.01. The predicted molar refractivity (Wildman–Crippen MR) is 56.8 cm³/mol. The summed E-state index contributed by atoms with van der Waals surface area (Å²) >= 11 is 1.24. The van der Waals surface area contributed by atoms with Gasteiger partial charge in [0.15, 0.2) is 0 Å². The molecule has 0 aliphatic rings. The van der Waals surface area contributed by atoms with Crippen molar-refractivity contribution in [1.29, 1.82) is 0 Å². The molecule has 1 heterocycles. The number of nitrogens with one attached hydrogen (secondary N) is 1. The first-order valence-electron chi connectivity index (χ1n) is 4.58. The van der Waals surface area contributed by atoms with Gasteiger partial charge in [0.25, 0.3) is 5.22 Å². The normalized spacial score (nSPS) is 10.3. The van der Waals surface area contributed by atoms with Crippen LogP contribution in [-0.2, 0) is 4.79 Å². The second kappa shape index (κ2) is 5.77. The fourth-order valence-electron chi connectivity index (χ4n) is 0.879. The monoisotopic (exact) mass is 230 g/mol. The van der Waals surface area contributed by atoms with Crippen LogP contribution < -0.4 is 5.32 Å². The molecule has 2 N–H and O–H groups in total. The van der Waals surface area contributed by atoms with Crippen LogP contribution in [0.4, 0.5) is 0 Å². The van der Waals surface area contributed by atoms with Crippen LogP contribution in [0.1, 0.15) is 11.5 Å². The summed E-state index contributed by atoms with van der Waals surface area (Å²) in [6.45, 7) is 3.92. The van der Waals surface area contributed by atoms with Gasteiger partial charge in [-0.25, -0.2) is 4.98 Å². The number of hydrogen-bond donors (Lipinski definition) is 2. The fraction of sp³-hybridized carbons (Fsp3) is 0.556. The van der Waals surface area contributed by atoms with E-state index in [1.165, 1.54) is 11.8 Å². The van der Waals surface area contributed by atoms with E-state index < -0.39 is 0 Å². The van der Waals surface area contributed by atoms with E-state index in [2.05, 4.69) is 10.3 Å². The fourth-order valence-corrected chi connectivity index (χ4v) is 1.62. The van der Waals surface area contributed by atoms with Crippen LogP contribution >= 0.6 is 11.8 Å². The first-order valence-corrected chi connectivity index (χ1v) is 5.56. The molecule has 0 bridgehead atoms. The Bertz CT molecular complexity index is 319. The molecule has 0 aromatic carbocycles. The van der Waals surface area contributed by atoms with Gasteiger partial charge in [0.05, 0.1) is 18.1 Å². The van der Waals surface area contributed by atoms with Crippen molar-refractivity contribution in [3.63, 3.8) is 0 Å². The van der Waals surface area contributed by atoms with Crippen molar-refractivity contribution >= 4 is 17.7 Å². The van der Waals surface area contributed by atoms with Crippen LogP contribution in [0.15, 0.2) is 9.64 Å². The predicted octanol–water partition coefficient (Wildman–Crippen LogP) is 0.492. The van der Waals surface area contributed by atoms with Gasteiger partial charge < -0.3 is 14.8 Å². The lowest BCUT2D eigenvalue weighted by Gasteiger charge is -2.00. The maximum Gasteiger partial charge on any atom is 0.256 e. The van der Waals surface area contributed by atoms with Crippen LogP contribution in [0.2, 0.25) is 0 Å². The Morgan fingerprint density at radius 1 is 1.60 bits per heavy atom. The summed E-state index contributed by atoms with van der Waals surface area (Å²) in [7, 11) is 0. The number of amides is 1. The summed E-state index contributed by atoms with van der Waals surface area (Å²) in [5, 5.41) is 11.5. The van der Waals surface area contributed by atoms with Crippen LogP contribution in [0.5, 0.6) is 0 Å². The molecule has 1 aromatic heterocycles. The topological polar surface area (TPSA) is 75.4 Å². The summed E-state index contributed by atoms with van der Waals surface area (Å²) in [5.41, 5.74) is 0.841. The first kappa shape index (κ1) is 12.1. The lowest BCUT2D eigenvalue weighted by atomic mass is 10.4. The number of hydrogen-bond acceptors (Lipinski definition) is 5. The highest BCUT2D eigenvalue weighted by molar-refractivity contribution is 7.99. The third-order valence-corrected chi connectivity index (χ3v) is 2.60. The van der Waals surface area contributed by atoms with E-state index in [1.807, 2.05) is 13.8 Å². The highest BCUT2D eigenvalue weighted by Gasteiger charge is 2.08. The number of thioether (sulfide) groups is 1. The van der Waals surface area contributed by atoms with Crippen LogP contribution in [0.3, 0.4) is 0 Å². The number of nitrogens with zero attached hydrogens (tertiary/aromatic N) is 1. The summed E-state index contributed by atoms with van der Waals surface area (Å²) in [6.07, 6.45) is 0. The zero-order valence-corrected chi connectivity index (χ0v) is 9.56. The van der Waals surface area contributed by atoms with E-state index in [1.54, 1.807) is 0 Å². The highest BCUT2D eigenvalue weighted by Crippen LogP contribution is 2.19. The van der Waals surface area contributed by atoms with E-state index >= 15 is 0 Å². The van der Waals surface area contributed by atoms with Crippen molar-refractivity contribution in [2.45, 2.75) is 19.1 Å². The van der Waals surface area contributed by atoms with Crippen LogP contribution in [0, 0.1) is 13.8 Å². The Balaban J connectivity index is 2.33. The van der Waals surface area contributed by atoms with Crippen LogP contribution in [-0.4, -0.2) is 34.9 Å². The van der Waals surface area contributed by atoms with Crippen molar-refractivity contribution in [3.05, 3.63) is 11.5 Å². The van der Waals surface area contributed by atoms with E-state index in [0.29, 0.717) is 5.22 Å². The molecule has 0 spiro atoms. The molecule has 15 heavy (non-hydrogen) atoms. The van der Waals surface area contributed by atoms with Crippen molar-refractivity contribution < 1.29 is 14.3 Å². The van der Waals surface area contributed by atoms with Gasteiger partial charge in [-0.05, 0) is 13.8 Å². The van der Waals surface area contributed by atoms with Gasteiger partial charge in [0.2, 0.25) is 5.91 Å². The number of aliphatic hydroxyl groups excluding tert-OH is 1. The van der Waals surface area contributed by atoms with Crippen molar-refractivity contribution in [2.24, 2.45) is 0 Å². The summed E-state index contributed by atoms with van der Waals surface area (Å²) in [6, 6.07) is 0. The molecule has 0 radical (unpaired) electrons. The summed E-state index contributed by atoms with van der Waals surface area (Å²) in [4.78, 5) is 15.3. The molecule has 6 heteroatoms. The van der Waals surface area contributed by atoms with Gasteiger partial charge in [-0.1, -0.05) is 11.8 Å². The second-order valence-electron chi connectivity index (χ2n) is 2.98. The number of aromatic nitrogens is 1. The molecule has 1 rings (SSSR count). The molecule has 0 atom stereocenters. The minimum atomic E-state index is -0.137. The minimum Gasteiger partial charge on any atom is -0.437 e. The quantitative estimate of drug-likeness (QED) is 0.720. The molecular formula is C9H14N2O3S. The third kappa shape index (κ3) is 3.93. The van der Waals surface area contributed by atoms with Crippen LogP contribution in [0.25, 0.3) is 0 Å². The highest BCUT2D eigenvalue weighted by atomic mass is 32.2. The van der Waals surface area contributed by atoms with Gasteiger partial charge in [-0.15, -0.1) is 0 Å². The largest absolute Gasteiger partial charge is 0.437 e. The average molecular weight is 230 g/mol. The van der Waals surface area contributed by atoms with Crippen molar-refractivity contribution in [2.75, 3.05) is 18.9 Å². The number of rotatable bonds is 5. The smallest absolute Gasteiger partial charge is 0.256 e. The summed E-state index contributed by atoms with van der Waals surface area (Å²) in [5.74, 6) is 0.884. The molecule has 0 unspecified atom stereocenters. The zero-order valence-electron chi connectivity index (χ0n) is 8.74. The van der Waals surface area contributed by atoms with Gasteiger partial charge in [-0.2, -0.15) is 0 Å². The zero-order chi connectivity index (χ0) is 11.3. The molecule has 1 aromatic rings. The Kier molecular flexibility index (Phi) is 4.64. The standard InChI is InChI=1S/C9H14N2O3S/c1-6-7(2)14-9(11-6)15-5-8(13)10-3-4-12/h12H,3-5H2,1-2H3,(H,10,13). The number of oxazole rings is 1.